The fourth-order valence-corrected chi connectivity index (χ4v) is 4.17. The molecule has 1 aromatic carbocycles. The minimum absolute atomic E-state index is 0.0636. The lowest BCUT2D eigenvalue weighted by molar-refractivity contribution is -0.128. The summed E-state index contributed by atoms with van der Waals surface area (Å²) >= 11 is 5.09. The van der Waals surface area contributed by atoms with Crippen molar-refractivity contribution in [3.05, 3.63) is 53.6 Å². The van der Waals surface area contributed by atoms with Gasteiger partial charge in [-0.05, 0) is 69.3 Å². The third-order valence-electron chi connectivity index (χ3n) is 5.13. The van der Waals surface area contributed by atoms with Crippen molar-refractivity contribution in [1.82, 2.24) is 10.2 Å². The minimum atomic E-state index is -0.475. The summed E-state index contributed by atoms with van der Waals surface area (Å²) in [5.41, 5.74) is 4.25. The maximum Gasteiger partial charge on any atom is 0.265 e. The second-order valence-corrected chi connectivity index (χ2v) is 7.91. The number of hydrogen-bond donors (Lipinski definition) is 1. The van der Waals surface area contributed by atoms with Crippen LogP contribution in [0.3, 0.4) is 0 Å². The molecular formula is C22H25N3O2S. The van der Waals surface area contributed by atoms with E-state index in [1.54, 1.807) is 12.2 Å². The van der Waals surface area contributed by atoms with Gasteiger partial charge in [-0.1, -0.05) is 18.2 Å². The van der Waals surface area contributed by atoms with E-state index in [1.165, 1.54) is 10.5 Å². The lowest BCUT2D eigenvalue weighted by Gasteiger charge is -2.42. The van der Waals surface area contributed by atoms with Crippen molar-refractivity contribution in [2.75, 3.05) is 18.0 Å². The fraction of sp³-hybridized carbons (Fsp3) is 0.318. The summed E-state index contributed by atoms with van der Waals surface area (Å²) in [6.07, 6.45) is 5.45. The highest BCUT2D eigenvalue weighted by molar-refractivity contribution is 7.80. The summed E-state index contributed by atoms with van der Waals surface area (Å²) < 4.78 is 0. The molecule has 0 atom stereocenters. The van der Waals surface area contributed by atoms with E-state index in [0.717, 1.165) is 23.4 Å². The number of fused-ring (bicyclic) bond motifs is 1. The molecule has 2 aliphatic heterocycles. The second kappa shape index (κ2) is 7.36. The number of nitrogens with zero attached hydrogens (tertiary/aromatic N) is 2. The molecule has 0 aromatic heterocycles. The molecule has 3 rings (SSSR count). The van der Waals surface area contributed by atoms with Gasteiger partial charge in [0, 0.05) is 24.3 Å². The van der Waals surface area contributed by atoms with Crippen LogP contribution in [0.15, 0.2) is 42.5 Å². The summed E-state index contributed by atoms with van der Waals surface area (Å²) in [5.74, 6) is -0.883. The van der Waals surface area contributed by atoms with Crippen molar-refractivity contribution in [2.24, 2.45) is 0 Å². The highest BCUT2D eigenvalue weighted by Gasteiger charge is 2.33. The molecule has 6 heteroatoms. The monoisotopic (exact) mass is 395 g/mol. The van der Waals surface area contributed by atoms with Crippen LogP contribution < -0.4 is 10.2 Å². The molecule has 146 valence electrons. The minimum Gasteiger partial charge on any atom is -0.363 e. The number of thiocarbonyl (C=S) groups is 1. The summed E-state index contributed by atoms with van der Waals surface area (Å²) in [7, 11) is 0. The van der Waals surface area contributed by atoms with Gasteiger partial charge in [0.05, 0.1) is 5.54 Å². The zero-order valence-corrected chi connectivity index (χ0v) is 17.5. The van der Waals surface area contributed by atoms with E-state index in [-0.39, 0.29) is 22.8 Å². The zero-order valence-electron chi connectivity index (χ0n) is 16.7. The molecule has 2 amide bonds. The Bertz CT molecular complexity index is 943. The summed E-state index contributed by atoms with van der Waals surface area (Å²) in [6, 6.07) is 6.02. The van der Waals surface area contributed by atoms with Crippen LogP contribution in [0.5, 0.6) is 0 Å². The number of carbonyl (C=O) groups is 2. The van der Waals surface area contributed by atoms with E-state index in [1.807, 2.05) is 12.1 Å². The van der Waals surface area contributed by atoms with Gasteiger partial charge in [0.25, 0.3) is 11.8 Å². The van der Waals surface area contributed by atoms with Gasteiger partial charge in [-0.25, -0.2) is 0 Å². The Labute approximate surface area is 171 Å². The third-order valence-corrected chi connectivity index (χ3v) is 5.45. The molecule has 0 unspecified atom stereocenters. The van der Waals surface area contributed by atoms with Gasteiger partial charge >= 0.3 is 0 Å². The first-order valence-electron chi connectivity index (χ1n) is 9.31. The van der Waals surface area contributed by atoms with Gasteiger partial charge in [0.1, 0.15) is 5.57 Å². The van der Waals surface area contributed by atoms with Gasteiger partial charge in [0.15, 0.2) is 5.11 Å². The van der Waals surface area contributed by atoms with E-state index in [0.29, 0.717) is 0 Å². The second-order valence-electron chi connectivity index (χ2n) is 7.52. The molecule has 5 nitrogen and oxygen atoms in total. The van der Waals surface area contributed by atoms with Crippen molar-refractivity contribution < 1.29 is 9.59 Å². The molecule has 1 saturated heterocycles. The lowest BCUT2D eigenvalue weighted by Crippen LogP contribution is -2.53. The van der Waals surface area contributed by atoms with Crippen LogP contribution in [0, 0.1) is 0 Å². The molecule has 0 spiro atoms. The normalized spacial score (nSPS) is 20.1. The predicted octanol–water partition coefficient (Wildman–Crippen LogP) is 3.52. The maximum absolute atomic E-state index is 12.7. The number of nitrogens with one attached hydrogen (secondary N) is 1. The van der Waals surface area contributed by atoms with Crippen molar-refractivity contribution >= 4 is 46.5 Å². The molecule has 0 bridgehead atoms. The van der Waals surface area contributed by atoms with Crippen LogP contribution >= 0.6 is 12.2 Å². The van der Waals surface area contributed by atoms with E-state index in [4.69, 9.17) is 12.2 Å². The Kier molecular flexibility index (Phi) is 5.26. The molecule has 1 fully saturated rings. The number of benzene rings is 1. The van der Waals surface area contributed by atoms with Crippen LogP contribution in [0.4, 0.5) is 5.69 Å². The first kappa shape index (κ1) is 20.0. The molecule has 0 saturated carbocycles. The molecule has 0 radical (unpaired) electrons. The van der Waals surface area contributed by atoms with Crippen LogP contribution in [0.2, 0.25) is 0 Å². The third kappa shape index (κ3) is 3.40. The number of anilines is 1. The number of rotatable bonds is 4. The quantitative estimate of drug-likeness (QED) is 0.367. The largest absolute Gasteiger partial charge is 0.363 e. The predicted molar refractivity (Wildman–Crippen MR) is 118 cm³/mol. The van der Waals surface area contributed by atoms with E-state index in [9.17, 15) is 9.59 Å². The van der Waals surface area contributed by atoms with Crippen molar-refractivity contribution in [3.8, 4) is 0 Å². The average molecular weight is 396 g/mol. The van der Waals surface area contributed by atoms with Crippen LogP contribution in [-0.2, 0) is 9.59 Å². The summed E-state index contributed by atoms with van der Waals surface area (Å²) in [4.78, 5) is 28.7. The molecule has 0 aliphatic carbocycles. The van der Waals surface area contributed by atoms with Gasteiger partial charge in [-0.3, -0.25) is 19.8 Å². The zero-order chi connectivity index (χ0) is 20.6. The van der Waals surface area contributed by atoms with Crippen LogP contribution in [0.25, 0.3) is 11.6 Å². The van der Waals surface area contributed by atoms with Gasteiger partial charge < -0.3 is 4.90 Å². The van der Waals surface area contributed by atoms with Gasteiger partial charge in [-0.15, -0.1) is 6.58 Å². The maximum atomic E-state index is 12.7. The Hall–Kier alpha value is -2.73. The lowest BCUT2D eigenvalue weighted by atomic mass is 9.88. The molecule has 1 N–H and O–H groups in total. The van der Waals surface area contributed by atoms with E-state index >= 15 is 0 Å². The van der Waals surface area contributed by atoms with E-state index < -0.39 is 11.8 Å². The van der Waals surface area contributed by atoms with Crippen LogP contribution in [-0.4, -0.2) is 40.5 Å². The SMILES string of the molecule is C=CCN1C(=O)/C(=C\c2ccc3c(c2)C(C)=CC(C)(C)N3CC)C(=O)NC1=S. The number of likely N-dealkylation sites (N-methyl/N-ethyl adjacent to an activating group) is 1. The van der Waals surface area contributed by atoms with Gasteiger partial charge in [-0.2, -0.15) is 0 Å². The Morgan fingerprint density at radius 3 is 2.64 bits per heavy atom. The number of amides is 2. The first-order chi connectivity index (χ1) is 13.2. The van der Waals surface area contributed by atoms with Crippen molar-refractivity contribution in [1.29, 1.82) is 0 Å². The smallest absolute Gasteiger partial charge is 0.265 e. The molecule has 1 aromatic rings. The first-order valence-corrected chi connectivity index (χ1v) is 9.71. The standard InChI is InChI=1S/C22H25N3O2S/c1-6-10-24-20(27)17(19(26)23-21(24)28)12-15-8-9-18-16(11-15)14(3)13-22(4,5)25(18)7-2/h6,8-9,11-13H,1,7,10H2,2-5H3,(H,23,26,28)/b17-12-. The van der Waals surface area contributed by atoms with Gasteiger partial charge in [0.2, 0.25) is 0 Å². The number of allylic oxidation sites excluding steroid dienone is 1. The summed E-state index contributed by atoms with van der Waals surface area (Å²) in [5, 5.41) is 2.68. The highest BCUT2D eigenvalue weighted by atomic mass is 32.1. The van der Waals surface area contributed by atoms with E-state index in [2.05, 4.69) is 56.6 Å². The van der Waals surface area contributed by atoms with Crippen molar-refractivity contribution in [3.63, 3.8) is 0 Å². The molecule has 28 heavy (non-hydrogen) atoms. The Morgan fingerprint density at radius 2 is 2.00 bits per heavy atom. The van der Waals surface area contributed by atoms with Crippen LogP contribution in [0.1, 0.15) is 38.8 Å². The van der Waals surface area contributed by atoms with Crippen molar-refractivity contribution in [2.45, 2.75) is 33.2 Å². The Morgan fingerprint density at radius 1 is 1.29 bits per heavy atom. The topological polar surface area (TPSA) is 52.7 Å². The summed E-state index contributed by atoms with van der Waals surface area (Å²) in [6.45, 7) is 13.4. The molecule has 2 aliphatic rings. The fourth-order valence-electron chi connectivity index (χ4n) is 3.92. The average Bonchev–Trinajstić information content (AvgIpc) is 2.62. The highest BCUT2D eigenvalue weighted by Crippen LogP contribution is 2.39. The Balaban J connectivity index is 2.03. The number of hydrogen-bond acceptors (Lipinski definition) is 4. The molecule has 2 heterocycles. The number of carbonyl (C=O) groups excluding carboxylic acids is 2. The molecular weight excluding hydrogens is 370 g/mol.